The smallest absolute Gasteiger partial charge is 0.279 e. The summed E-state index contributed by atoms with van der Waals surface area (Å²) in [7, 11) is 0. The summed E-state index contributed by atoms with van der Waals surface area (Å²) in [6.45, 7) is -1.04. The molecule has 7 heteroatoms. The molecule has 0 spiro atoms. The van der Waals surface area contributed by atoms with Crippen molar-refractivity contribution < 1.29 is 13.2 Å². The van der Waals surface area contributed by atoms with E-state index in [-0.39, 0.29) is 5.92 Å². The number of aliphatic imine (C=N–C) groups is 1. The second-order valence-corrected chi connectivity index (χ2v) is 4.23. The Balaban J connectivity index is 2.14. The van der Waals surface area contributed by atoms with Crippen LogP contribution in [0, 0.1) is 5.92 Å². The van der Waals surface area contributed by atoms with Crippen LogP contribution in [0.15, 0.2) is 20.8 Å². The van der Waals surface area contributed by atoms with E-state index < -0.39 is 18.8 Å². The van der Waals surface area contributed by atoms with Gasteiger partial charge in [0.15, 0.2) is 0 Å². The molecule has 0 N–H and O–H groups in total. The summed E-state index contributed by atoms with van der Waals surface area (Å²) in [5, 5.41) is 4.77. The molecule has 0 aromatic carbocycles. The van der Waals surface area contributed by atoms with E-state index in [4.69, 9.17) is 0 Å². The number of nitrogens with zero attached hydrogens (tertiary/aromatic N) is 3. The van der Waals surface area contributed by atoms with E-state index in [2.05, 4.69) is 26.0 Å². The van der Waals surface area contributed by atoms with Gasteiger partial charge in [-0.3, -0.25) is 10.0 Å². The second kappa shape index (κ2) is 3.62. The fraction of sp³-hybridized carbons (Fsp3) is 0.500. The summed E-state index contributed by atoms with van der Waals surface area (Å²) >= 11 is 3.20. The molecular formula is C8H7BrF3N3. The summed E-state index contributed by atoms with van der Waals surface area (Å²) < 4.78 is 37.2. The number of hydrogen-bond acceptors (Lipinski definition) is 3. The van der Waals surface area contributed by atoms with Crippen LogP contribution < -0.4 is 0 Å². The van der Waals surface area contributed by atoms with Crippen molar-refractivity contribution in [2.24, 2.45) is 16.0 Å². The van der Waals surface area contributed by atoms with Crippen LogP contribution in [0.5, 0.6) is 0 Å². The fourth-order valence-corrected chi connectivity index (χ4v) is 2.23. The summed E-state index contributed by atoms with van der Waals surface area (Å²) in [6, 6.07) is -0.399. The normalized spacial score (nSPS) is 29.3. The lowest BCUT2D eigenvalue weighted by Gasteiger charge is -2.27. The molecule has 3 nitrogen and oxygen atoms in total. The molecule has 2 heterocycles. The fourth-order valence-electron chi connectivity index (χ4n) is 1.57. The summed E-state index contributed by atoms with van der Waals surface area (Å²) in [5.74, 6) is -0.174. The summed E-state index contributed by atoms with van der Waals surface area (Å²) in [4.78, 5) is 3.90. The highest BCUT2D eigenvalue weighted by molar-refractivity contribution is 9.11. The van der Waals surface area contributed by atoms with Crippen LogP contribution >= 0.6 is 15.9 Å². The number of fused-ring (bicyclic) bond motifs is 1. The van der Waals surface area contributed by atoms with Crippen LogP contribution in [-0.2, 0) is 0 Å². The third-order valence-corrected chi connectivity index (χ3v) is 2.83. The van der Waals surface area contributed by atoms with Gasteiger partial charge >= 0.3 is 6.18 Å². The van der Waals surface area contributed by atoms with Gasteiger partial charge in [-0.25, -0.2) is 0 Å². The third-order valence-electron chi connectivity index (χ3n) is 2.15. The van der Waals surface area contributed by atoms with Gasteiger partial charge < -0.3 is 0 Å². The molecule has 2 aliphatic rings. The highest BCUT2D eigenvalue weighted by Gasteiger charge is 2.40. The molecule has 0 saturated heterocycles. The van der Waals surface area contributed by atoms with E-state index in [0.717, 1.165) is 5.01 Å². The van der Waals surface area contributed by atoms with E-state index >= 15 is 0 Å². The predicted octanol–water partition coefficient (Wildman–Crippen LogP) is 2.16. The molecule has 2 rings (SSSR count). The zero-order valence-electron chi connectivity index (χ0n) is 7.45. The lowest BCUT2D eigenvalue weighted by atomic mass is 10.0. The average Bonchev–Trinajstić information content (AvgIpc) is 2.47. The predicted molar refractivity (Wildman–Crippen MR) is 54.0 cm³/mol. The van der Waals surface area contributed by atoms with E-state index in [9.17, 15) is 13.2 Å². The van der Waals surface area contributed by atoms with Gasteiger partial charge in [0, 0.05) is 23.1 Å². The summed E-state index contributed by atoms with van der Waals surface area (Å²) in [5.41, 5.74) is 0. The minimum absolute atomic E-state index is 0.174. The molecule has 15 heavy (non-hydrogen) atoms. The monoisotopic (exact) mass is 281 g/mol. The molecule has 0 radical (unpaired) electrons. The molecule has 0 fully saturated rings. The van der Waals surface area contributed by atoms with Gasteiger partial charge in [-0.15, -0.1) is 0 Å². The molecule has 0 aromatic rings. The Kier molecular flexibility index (Phi) is 2.57. The minimum atomic E-state index is -4.24. The Morgan fingerprint density at radius 1 is 1.40 bits per heavy atom. The van der Waals surface area contributed by atoms with Gasteiger partial charge in [-0.2, -0.15) is 18.3 Å². The van der Waals surface area contributed by atoms with Crippen molar-refractivity contribution in [2.45, 2.75) is 12.2 Å². The van der Waals surface area contributed by atoms with Gasteiger partial charge in [0.05, 0.1) is 12.0 Å². The van der Waals surface area contributed by atoms with E-state index in [1.807, 2.05) is 0 Å². The molecule has 2 unspecified atom stereocenters. The van der Waals surface area contributed by atoms with Crippen molar-refractivity contribution in [3.05, 3.63) is 10.7 Å². The number of rotatable bonds is 1. The van der Waals surface area contributed by atoms with Gasteiger partial charge in [0.2, 0.25) is 0 Å². The zero-order valence-corrected chi connectivity index (χ0v) is 9.03. The van der Waals surface area contributed by atoms with Crippen LogP contribution in [-0.4, -0.2) is 36.2 Å². The molecule has 0 saturated carbocycles. The number of halogens is 4. The molecule has 0 bridgehead atoms. The van der Waals surface area contributed by atoms with Crippen LogP contribution in [0.3, 0.4) is 0 Å². The Morgan fingerprint density at radius 2 is 2.13 bits per heavy atom. The summed E-state index contributed by atoms with van der Waals surface area (Å²) in [6.07, 6.45) is 0.330. The van der Waals surface area contributed by atoms with Crippen LogP contribution in [0.4, 0.5) is 13.2 Å². The first-order chi connectivity index (χ1) is 6.97. The molecule has 0 amide bonds. The zero-order chi connectivity index (χ0) is 11.1. The quantitative estimate of drug-likeness (QED) is 0.724. The standard InChI is InChI=1S/C8H7BrF3N3/c9-6-3-13-1-5-2-14-15(7(5)6)4-8(10,11)12/h1-3,5,7H,4H2. The molecule has 0 aromatic heterocycles. The Hall–Kier alpha value is -0.850. The minimum Gasteiger partial charge on any atom is -0.279 e. The lowest BCUT2D eigenvalue weighted by Crippen LogP contribution is -2.39. The second-order valence-electron chi connectivity index (χ2n) is 3.31. The van der Waals surface area contributed by atoms with Crippen LogP contribution in [0.2, 0.25) is 0 Å². The van der Waals surface area contributed by atoms with Crippen molar-refractivity contribution in [3.63, 3.8) is 0 Å². The van der Waals surface area contributed by atoms with Crippen LogP contribution in [0.1, 0.15) is 0 Å². The Bertz CT molecular complexity index is 348. The first-order valence-corrected chi connectivity index (χ1v) is 5.03. The van der Waals surface area contributed by atoms with Crippen molar-refractivity contribution >= 4 is 28.4 Å². The van der Waals surface area contributed by atoms with Crippen LogP contribution in [0.25, 0.3) is 0 Å². The first-order valence-electron chi connectivity index (χ1n) is 4.24. The maximum atomic E-state index is 12.2. The topological polar surface area (TPSA) is 28.0 Å². The number of hydrazone groups is 1. The average molecular weight is 282 g/mol. The van der Waals surface area contributed by atoms with Crippen molar-refractivity contribution in [1.82, 2.24) is 5.01 Å². The third kappa shape index (κ3) is 2.22. The molecule has 2 atom stereocenters. The number of hydrogen-bond donors (Lipinski definition) is 0. The number of alkyl halides is 3. The Morgan fingerprint density at radius 3 is 2.80 bits per heavy atom. The largest absolute Gasteiger partial charge is 0.407 e. The van der Waals surface area contributed by atoms with E-state index in [0.29, 0.717) is 4.48 Å². The lowest BCUT2D eigenvalue weighted by molar-refractivity contribution is -0.148. The Labute approximate surface area is 92.5 Å². The van der Waals surface area contributed by atoms with Gasteiger partial charge in [0.25, 0.3) is 0 Å². The molecule has 82 valence electrons. The SMILES string of the molecule is FC(F)(F)CN1N=CC2C=NC=C(Br)C21. The van der Waals surface area contributed by atoms with Crippen molar-refractivity contribution in [1.29, 1.82) is 0 Å². The highest BCUT2D eigenvalue weighted by atomic mass is 79.9. The maximum Gasteiger partial charge on any atom is 0.407 e. The van der Waals surface area contributed by atoms with Gasteiger partial charge in [0.1, 0.15) is 6.54 Å². The first kappa shape index (κ1) is 10.7. The van der Waals surface area contributed by atoms with Crippen molar-refractivity contribution in [2.75, 3.05) is 6.54 Å². The maximum absolute atomic E-state index is 12.2. The van der Waals surface area contributed by atoms with E-state index in [1.165, 1.54) is 12.4 Å². The molecule has 2 aliphatic heterocycles. The molecule has 0 aliphatic carbocycles. The van der Waals surface area contributed by atoms with Gasteiger partial charge in [-0.1, -0.05) is 15.9 Å². The molecular weight excluding hydrogens is 275 g/mol. The van der Waals surface area contributed by atoms with E-state index in [1.54, 1.807) is 6.21 Å². The van der Waals surface area contributed by atoms with Crippen molar-refractivity contribution in [3.8, 4) is 0 Å². The highest BCUT2D eigenvalue weighted by Crippen LogP contribution is 2.32. The van der Waals surface area contributed by atoms with Gasteiger partial charge in [-0.05, 0) is 0 Å².